The zero-order chi connectivity index (χ0) is 27.2. The highest BCUT2D eigenvalue weighted by atomic mass is 16.5. The van der Waals surface area contributed by atoms with Gasteiger partial charge in [-0.25, -0.2) is 0 Å². The summed E-state index contributed by atoms with van der Waals surface area (Å²) in [7, 11) is 0. The van der Waals surface area contributed by atoms with Crippen molar-refractivity contribution in [3.63, 3.8) is 0 Å². The fraction of sp³-hybridized carbons (Fsp3) is 0.394. The van der Waals surface area contributed by atoms with Crippen LogP contribution >= 0.6 is 0 Å². The number of hydrogen-bond acceptors (Lipinski definition) is 5. The molecule has 198 valence electrons. The van der Waals surface area contributed by atoms with E-state index in [4.69, 9.17) is 9.47 Å². The Morgan fingerprint density at radius 2 is 1.71 bits per heavy atom. The standard InChI is InChI=1S/C33H37NO4/c1-5-33(6-2,29-8-7-27(24(3)17-29)11-12-32(36)13-15-37-16-14-32)30-9-10-31(25(4)18-30)28-19-26(20-34-21-28)22-38-23-35/h7-10,17-21,23,36H,5-6,13-16,22H2,1-4H3. The number of ether oxygens (including phenoxy) is 2. The Morgan fingerprint density at radius 1 is 1.03 bits per heavy atom. The van der Waals surface area contributed by atoms with E-state index in [1.54, 1.807) is 6.20 Å². The Hall–Kier alpha value is -3.46. The van der Waals surface area contributed by atoms with Gasteiger partial charge in [-0.2, -0.15) is 0 Å². The Bertz CT molecular complexity index is 1340. The van der Waals surface area contributed by atoms with Crippen molar-refractivity contribution >= 4 is 6.47 Å². The molecule has 0 bridgehead atoms. The summed E-state index contributed by atoms with van der Waals surface area (Å²) in [6.07, 6.45) is 6.59. The van der Waals surface area contributed by atoms with Gasteiger partial charge in [-0.05, 0) is 66.6 Å². The maximum Gasteiger partial charge on any atom is 0.293 e. The van der Waals surface area contributed by atoms with Gasteiger partial charge in [0.15, 0.2) is 0 Å². The zero-order valence-corrected chi connectivity index (χ0v) is 22.8. The first-order chi connectivity index (χ1) is 18.3. The van der Waals surface area contributed by atoms with Crippen LogP contribution in [-0.2, 0) is 26.3 Å². The highest BCUT2D eigenvalue weighted by molar-refractivity contribution is 5.68. The SMILES string of the molecule is CCC(CC)(c1ccc(C#CC2(O)CCOCC2)c(C)c1)c1ccc(-c2cncc(COC=O)c2)c(C)c1. The zero-order valence-electron chi connectivity index (χ0n) is 22.8. The average Bonchev–Trinajstić information content (AvgIpc) is 2.93. The second-order valence-electron chi connectivity index (χ2n) is 10.2. The van der Waals surface area contributed by atoms with Gasteiger partial charge in [0.05, 0.1) is 13.2 Å². The van der Waals surface area contributed by atoms with Gasteiger partial charge in [-0.1, -0.05) is 56.0 Å². The van der Waals surface area contributed by atoms with E-state index in [1.807, 2.05) is 12.3 Å². The molecule has 5 heteroatoms. The minimum Gasteiger partial charge on any atom is -0.463 e. The summed E-state index contributed by atoms with van der Waals surface area (Å²) in [5.74, 6) is 6.35. The van der Waals surface area contributed by atoms with Gasteiger partial charge >= 0.3 is 0 Å². The quantitative estimate of drug-likeness (QED) is 0.295. The molecule has 2 heterocycles. The van der Waals surface area contributed by atoms with Crippen molar-refractivity contribution in [3.05, 3.63) is 88.2 Å². The lowest BCUT2D eigenvalue weighted by Crippen LogP contribution is -2.34. The van der Waals surface area contributed by atoms with Crippen molar-refractivity contribution in [3.8, 4) is 23.0 Å². The van der Waals surface area contributed by atoms with Crippen LogP contribution in [0.2, 0.25) is 0 Å². The smallest absolute Gasteiger partial charge is 0.293 e. The normalized spacial score (nSPS) is 14.9. The highest BCUT2D eigenvalue weighted by Gasteiger charge is 2.32. The molecule has 4 rings (SSSR count). The molecule has 0 radical (unpaired) electrons. The molecule has 2 aromatic carbocycles. The maximum atomic E-state index is 10.7. The molecule has 0 aliphatic carbocycles. The summed E-state index contributed by atoms with van der Waals surface area (Å²) in [6.45, 7) is 10.5. The van der Waals surface area contributed by atoms with Gasteiger partial charge in [0.2, 0.25) is 0 Å². The third kappa shape index (κ3) is 5.83. The Balaban J connectivity index is 1.66. The number of hydrogen-bond donors (Lipinski definition) is 1. The molecule has 1 aromatic heterocycles. The first-order valence-electron chi connectivity index (χ1n) is 13.4. The predicted octanol–water partition coefficient (Wildman–Crippen LogP) is 6.04. The fourth-order valence-corrected chi connectivity index (χ4v) is 5.48. The molecular weight excluding hydrogens is 474 g/mol. The first-order valence-corrected chi connectivity index (χ1v) is 13.4. The van der Waals surface area contributed by atoms with Crippen molar-refractivity contribution in [1.82, 2.24) is 4.98 Å². The number of carbonyl (C=O) groups is 1. The number of aryl methyl sites for hydroxylation is 2. The molecule has 38 heavy (non-hydrogen) atoms. The number of aromatic nitrogens is 1. The molecular formula is C33H37NO4. The lowest BCUT2D eigenvalue weighted by atomic mass is 9.69. The van der Waals surface area contributed by atoms with Crippen LogP contribution in [0.1, 0.15) is 72.9 Å². The van der Waals surface area contributed by atoms with Gasteiger partial charge in [-0.3, -0.25) is 9.78 Å². The Labute approximate surface area is 226 Å². The molecule has 0 saturated carbocycles. The molecule has 1 N–H and O–H groups in total. The molecule has 1 aliphatic rings. The van der Waals surface area contributed by atoms with Crippen molar-refractivity contribution in [2.45, 2.75) is 71.0 Å². The minimum absolute atomic E-state index is 0.128. The number of aliphatic hydroxyl groups is 1. The van der Waals surface area contributed by atoms with Crippen molar-refractivity contribution < 1.29 is 19.4 Å². The highest BCUT2D eigenvalue weighted by Crippen LogP contribution is 2.41. The molecule has 1 fully saturated rings. The van der Waals surface area contributed by atoms with Gasteiger partial charge in [0.25, 0.3) is 6.47 Å². The van der Waals surface area contributed by atoms with Crippen LogP contribution in [0.25, 0.3) is 11.1 Å². The van der Waals surface area contributed by atoms with E-state index in [0.29, 0.717) is 32.5 Å². The van der Waals surface area contributed by atoms with Crippen LogP contribution in [0.15, 0.2) is 54.9 Å². The van der Waals surface area contributed by atoms with Gasteiger partial charge < -0.3 is 14.6 Å². The van der Waals surface area contributed by atoms with Crippen LogP contribution in [0.5, 0.6) is 0 Å². The number of benzene rings is 2. The van der Waals surface area contributed by atoms with E-state index in [-0.39, 0.29) is 12.0 Å². The number of nitrogens with zero attached hydrogens (tertiary/aromatic N) is 1. The van der Waals surface area contributed by atoms with Crippen LogP contribution in [0.4, 0.5) is 0 Å². The van der Waals surface area contributed by atoms with Gasteiger partial charge in [0, 0.05) is 47.3 Å². The number of carbonyl (C=O) groups excluding carboxylic acids is 1. The number of pyridine rings is 1. The van der Waals surface area contributed by atoms with Crippen LogP contribution in [0, 0.1) is 25.7 Å². The lowest BCUT2D eigenvalue weighted by molar-refractivity contribution is -0.129. The van der Waals surface area contributed by atoms with Gasteiger partial charge in [-0.15, -0.1) is 0 Å². The molecule has 3 aromatic rings. The van der Waals surface area contributed by atoms with Crippen molar-refractivity contribution in [1.29, 1.82) is 0 Å². The summed E-state index contributed by atoms with van der Waals surface area (Å²) in [4.78, 5) is 14.9. The molecule has 0 spiro atoms. The monoisotopic (exact) mass is 511 g/mol. The summed E-state index contributed by atoms with van der Waals surface area (Å²) in [5.41, 5.74) is 7.69. The summed E-state index contributed by atoms with van der Waals surface area (Å²) < 4.78 is 10.3. The first kappa shape index (κ1) is 27.6. The molecule has 1 aliphatic heterocycles. The van der Waals surface area contributed by atoms with Crippen LogP contribution < -0.4 is 0 Å². The predicted molar refractivity (Wildman–Crippen MR) is 150 cm³/mol. The van der Waals surface area contributed by atoms with E-state index in [1.165, 1.54) is 16.7 Å². The minimum atomic E-state index is -0.963. The summed E-state index contributed by atoms with van der Waals surface area (Å²) in [6, 6.07) is 15.3. The second-order valence-corrected chi connectivity index (χ2v) is 10.2. The molecule has 0 unspecified atom stereocenters. The Morgan fingerprint density at radius 3 is 2.34 bits per heavy atom. The van der Waals surface area contributed by atoms with Crippen molar-refractivity contribution in [2.24, 2.45) is 0 Å². The maximum absolute atomic E-state index is 10.7. The topological polar surface area (TPSA) is 68.7 Å². The Kier molecular flexibility index (Phi) is 8.66. The van der Waals surface area contributed by atoms with E-state index in [2.05, 4.69) is 80.9 Å². The largest absolute Gasteiger partial charge is 0.463 e. The summed E-state index contributed by atoms with van der Waals surface area (Å²) >= 11 is 0. The average molecular weight is 512 g/mol. The van der Waals surface area contributed by atoms with E-state index in [0.717, 1.165) is 40.7 Å². The third-order valence-corrected chi connectivity index (χ3v) is 7.94. The van der Waals surface area contributed by atoms with Crippen LogP contribution in [0.3, 0.4) is 0 Å². The lowest BCUT2D eigenvalue weighted by Gasteiger charge is -2.34. The fourth-order valence-electron chi connectivity index (χ4n) is 5.48. The summed E-state index contributed by atoms with van der Waals surface area (Å²) in [5, 5.41) is 10.7. The molecule has 5 nitrogen and oxygen atoms in total. The van der Waals surface area contributed by atoms with Crippen molar-refractivity contribution in [2.75, 3.05) is 13.2 Å². The molecule has 0 amide bonds. The van der Waals surface area contributed by atoms with E-state index < -0.39 is 5.60 Å². The molecule has 1 saturated heterocycles. The number of rotatable bonds is 8. The van der Waals surface area contributed by atoms with E-state index in [9.17, 15) is 9.90 Å². The van der Waals surface area contributed by atoms with E-state index >= 15 is 0 Å². The van der Waals surface area contributed by atoms with Gasteiger partial charge in [0.1, 0.15) is 12.2 Å². The molecule has 0 atom stereocenters. The van der Waals surface area contributed by atoms with Crippen LogP contribution in [-0.4, -0.2) is 35.4 Å². The third-order valence-electron chi connectivity index (χ3n) is 7.94. The second kappa shape index (κ2) is 11.9.